The summed E-state index contributed by atoms with van der Waals surface area (Å²) in [6, 6.07) is -1.09. The van der Waals surface area contributed by atoms with Gasteiger partial charge in [0.2, 0.25) is 5.91 Å². The second-order valence-electron chi connectivity index (χ2n) is 4.48. The number of hydrogen-bond donors (Lipinski definition) is 4. The Hall–Kier alpha value is -2.36. The molecule has 0 aromatic heterocycles. The number of rotatable bonds is 10. The zero-order valence-electron chi connectivity index (χ0n) is 12.2. The first kappa shape index (κ1) is 19.6. The van der Waals surface area contributed by atoms with Crippen LogP contribution in [0.1, 0.15) is 19.3 Å². The summed E-state index contributed by atoms with van der Waals surface area (Å²) in [5.41, 5.74) is 0. The topological polar surface area (TPSA) is 153 Å². The van der Waals surface area contributed by atoms with Gasteiger partial charge in [0.1, 0.15) is 12.6 Å². The molecule has 0 fully saturated rings. The molecule has 1 atom stereocenters. The van der Waals surface area contributed by atoms with Gasteiger partial charge in [0, 0.05) is 13.6 Å². The summed E-state index contributed by atoms with van der Waals surface area (Å²) in [7, 11) is 1.40. The molecule has 0 heterocycles. The molecule has 0 aromatic carbocycles. The van der Waals surface area contributed by atoms with Gasteiger partial charge in [-0.1, -0.05) is 0 Å². The second kappa shape index (κ2) is 10.4. The van der Waals surface area contributed by atoms with Gasteiger partial charge in [-0.15, -0.1) is 0 Å². The van der Waals surface area contributed by atoms with Crippen molar-refractivity contribution in [1.29, 1.82) is 0 Å². The molecule has 0 aliphatic carbocycles. The summed E-state index contributed by atoms with van der Waals surface area (Å²) in [6.07, 6.45) is -0.0973. The monoisotopic (exact) mass is 320 g/mol. The average Bonchev–Trinajstić information content (AvgIpc) is 2.46. The molecule has 0 aliphatic rings. The van der Waals surface area contributed by atoms with E-state index in [1.165, 1.54) is 7.05 Å². The first-order valence-corrected chi connectivity index (χ1v) is 6.50. The molecule has 0 unspecified atom stereocenters. The number of unbranched alkanes of at least 4 members (excludes halogenated alkanes) is 1. The molecule has 126 valence electrons. The summed E-state index contributed by atoms with van der Waals surface area (Å²) in [6.45, 7) is -1.39. The number of carboxylic acids is 1. The van der Waals surface area contributed by atoms with Crippen LogP contribution in [-0.2, 0) is 19.1 Å². The van der Waals surface area contributed by atoms with E-state index >= 15 is 0 Å². The van der Waals surface area contributed by atoms with E-state index in [1.54, 1.807) is 0 Å². The molecule has 0 rings (SSSR count). The van der Waals surface area contributed by atoms with Crippen molar-refractivity contribution in [2.24, 2.45) is 0 Å². The van der Waals surface area contributed by atoms with Crippen molar-refractivity contribution in [3.05, 3.63) is 0 Å². The van der Waals surface area contributed by atoms with E-state index in [4.69, 9.17) is 15.3 Å². The standard InChI is InChI=1S/C12H20N2O8/c1-14(12(20)21)5-3-2-4-8(13-9(16)6-15)11(19)22-7-10(17)18/h8,15H,2-7H2,1H3,(H,13,16)(H,17,18)(H,20,21)/t8-/m1/s1. The minimum absolute atomic E-state index is 0.137. The Morgan fingerprint density at radius 2 is 1.82 bits per heavy atom. The highest BCUT2D eigenvalue weighted by atomic mass is 16.6. The summed E-state index contributed by atoms with van der Waals surface area (Å²) in [5, 5.41) is 28.0. The molecule has 0 radical (unpaired) electrons. The van der Waals surface area contributed by atoms with Gasteiger partial charge in [-0.3, -0.25) is 4.79 Å². The number of esters is 1. The van der Waals surface area contributed by atoms with Gasteiger partial charge < -0.3 is 30.3 Å². The van der Waals surface area contributed by atoms with E-state index in [0.29, 0.717) is 12.8 Å². The van der Waals surface area contributed by atoms with Gasteiger partial charge in [0.05, 0.1) is 0 Å². The zero-order valence-corrected chi connectivity index (χ0v) is 12.2. The minimum atomic E-state index is -1.33. The highest BCUT2D eigenvalue weighted by Gasteiger charge is 2.22. The Labute approximate surface area is 126 Å². The van der Waals surface area contributed by atoms with Crippen LogP contribution < -0.4 is 5.32 Å². The molecule has 0 saturated heterocycles. The molecule has 10 nitrogen and oxygen atoms in total. The quantitative estimate of drug-likeness (QED) is 0.291. The number of nitrogens with zero attached hydrogens (tertiary/aromatic N) is 1. The fraction of sp³-hybridized carbons (Fsp3) is 0.667. The third-order valence-corrected chi connectivity index (χ3v) is 2.66. The van der Waals surface area contributed by atoms with Crippen LogP contribution in [0.25, 0.3) is 0 Å². The number of amides is 2. The predicted octanol–water partition coefficient (Wildman–Crippen LogP) is -1.13. The number of aliphatic hydroxyl groups excluding tert-OH is 1. The van der Waals surface area contributed by atoms with Crippen molar-refractivity contribution in [3.63, 3.8) is 0 Å². The first-order chi connectivity index (χ1) is 10.3. The normalized spacial score (nSPS) is 11.4. The molecule has 0 bridgehead atoms. The lowest BCUT2D eigenvalue weighted by Crippen LogP contribution is -2.43. The Morgan fingerprint density at radius 1 is 1.18 bits per heavy atom. The van der Waals surface area contributed by atoms with Crippen LogP contribution in [0.3, 0.4) is 0 Å². The van der Waals surface area contributed by atoms with Crippen LogP contribution in [0, 0.1) is 0 Å². The van der Waals surface area contributed by atoms with E-state index in [0.717, 1.165) is 4.90 Å². The average molecular weight is 320 g/mol. The third kappa shape index (κ3) is 8.74. The van der Waals surface area contributed by atoms with Crippen LogP contribution in [0.15, 0.2) is 0 Å². The first-order valence-electron chi connectivity index (χ1n) is 6.50. The summed E-state index contributed by atoms with van der Waals surface area (Å²) in [4.78, 5) is 44.8. The SMILES string of the molecule is CN(CCCC[C@@H](NC(=O)CO)C(=O)OCC(=O)O)C(=O)O. The summed E-state index contributed by atoms with van der Waals surface area (Å²) < 4.78 is 4.49. The van der Waals surface area contributed by atoms with Gasteiger partial charge >= 0.3 is 18.0 Å². The molecule has 0 aliphatic heterocycles. The lowest BCUT2D eigenvalue weighted by Gasteiger charge is -2.17. The summed E-state index contributed by atoms with van der Waals surface area (Å²) >= 11 is 0. The third-order valence-electron chi connectivity index (χ3n) is 2.66. The largest absolute Gasteiger partial charge is 0.479 e. The van der Waals surface area contributed by atoms with Crippen molar-refractivity contribution in [2.75, 3.05) is 26.8 Å². The molecule has 4 N–H and O–H groups in total. The number of carbonyl (C=O) groups is 4. The molecule has 0 spiro atoms. The maximum Gasteiger partial charge on any atom is 0.407 e. The number of hydrogen-bond acceptors (Lipinski definition) is 6. The minimum Gasteiger partial charge on any atom is -0.479 e. The number of nitrogens with one attached hydrogen (secondary N) is 1. The smallest absolute Gasteiger partial charge is 0.407 e. The Morgan fingerprint density at radius 3 is 2.32 bits per heavy atom. The second-order valence-corrected chi connectivity index (χ2v) is 4.48. The Kier molecular flexibility index (Phi) is 9.27. The number of carbonyl (C=O) groups excluding carboxylic acids is 2. The van der Waals surface area contributed by atoms with Crippen molar-refractivity contribution < 1.29 is 39.2 Å². The van der Waals surface area contributed by atoms with Gasteiger partial charge in [-0.25, -0.2) is 14.4 Å². The fourth-order valence-corrected chi connectivity index (χ4v) is 1.52. The highest BCUT2D eigenvalue weighted by Crippen LogP contribution is 2.05. The lowest BCUT2D eigenvalue weighted by molar-refractivity contribution is -0.157. The van der Waals surface area contributed by atoms with Crippen LogP contribution in [-0.4, -0.2) is 77.0 Å². The molecule has 10 heteroatoms. The van der Waals surface area contributed by atoms with Crippen LogP contribution in [0.5, 0.6) is 0 Å². The number of ether oxygens (including phenoxy) is 1. The van der Waals surface area contributed by atoms with Crippen molar-refractivity contribution in [1.82, 2.24) is 10.2 Å². The predicted molar refractivity (Wildman–Crippen MR) is 72.1 cm³/mol. The zero-order chi connectivity index (χ0) is 17.1. The van der Waals surface area contributed by atoms with Gasteiger partial charge in [-0.2, -0.15) is 0 Å². The number of aliphatic hydroxyl groups is 1. The molecule has 22 heavy (non-hydrogen) atoms. The van der Waals surface area contributed by atoms with E-state index in [1.807, 2.05) is 0 Å². The fourth-order valence-electron chi connectivity index (χ4n) is 1.52. The summed E-state index contributed by atoms with van der Waals surface area (Å²) in [5.74, 6) is -3.04. The highest BCUT2D eigenvalue weighted by molar-refractivity contribution is 5.85. The van der Waals surface area contributed by atoms with Crippen molar-refractivity contribution in [2.45, 2.75) is 25.3 Å². The molecular weight excluding hydrogens is 300 g/mol. The lowest BCUT2D eigenvalue weighted by atomic mass is 10.1. The van der Waals surface area contributed by atoms with Crippen LogP contribution in [0.2, 0.25) is 0 Å². The van der Waals surface area contributed by atoms with Gasteiger partial charge in [0.25, 0.3) is 0 Å². The van der Waals surface area contributed by atoms with E-state index in [-0.39, 0.29) is 13.0 Å². The number of aliphatic carboxylic acids is 1. The van der Waals surface area contributed by atoms with Crippen LogP contribution >= 0.6 is 0 Å². The van der Waals surface area contributed by atoms with Crippen molar-refractivity contribution >= 4 is 23.9 Å². The molecule has 2 amide bonds. The molecular formula is C12H20N2O8. The molecule has 0 saturated carbocycles. The van der Waals surface area contributed by atoms with Gasteiger partial charge in [0.15, 0.2) is 6.61 Å². The maximum atomic E-state index is 11.6. The van der Waals surface area contributed by atoms with Gasteiger partial charge in [-0.05, 0) is 19.3 Å². The Balaban J connectivity index is 4.34. The van der Waals surface area contributed by atoms with Crippen LogP contribution in [0.4, 0.5) is 4.79 Å². The van der Waals surface area contributed by atoms with Crippen molar-refractivity contribution in [3.8, 4) is 0 Å². The molecule has 0 aromatic rings. The number of carboxylic acid groups (broad SMARTS) is 2. The maximum absolute atomic E-state index is 11.6. The van der Waals surface area contributed by atoms with E-state index in [9.17, 15) is 19.2 Å². The Bertz CT molecular complexity index is 412. The van der Waals surface area contributed by atoms with E-state index in [2.05, 4.69) is 10.1 Å². The van der Waals surface area contributed by atoms with E-state index < -0.39 is 43.2 Å².